The van der Waals surface area contributed by atoms with Crippen LogP contribution in [0.2, 0.25) is 0 Å². The van der Waals surface area contributed by atoms with E-state index in [1.54, 1.807) is 4.90 Å². The molecular weight excluding hydrogens is 504 g/mol. The molecule has 1 aliphatic carbocycles. The Morgan fingerprint density at radius 1 is 1.18 bits per heavy atom. The van der Waals surface area contributed by atoms with Crippen molar-refractivity contribution in [3.63, 3.8) is 0 Å². The second-order valence-corrected chi connectivity index (χ2v) is 11.4. The minimum atomic E-state index is -0.193. The number of rotatable bonds is 6. The molecule has 2 fully saturated rings. The number of likely N-dealkylation sites (N-methyl/N-ethyl adjacent to an activating group) is 1. The van der Waals surface area contributed by atoms with E-state index in [0.29, 0.717) is 38.3 Å². The van der Waals surface area contributed by atoms with E-state index in [0.717, 1.165) is 67.8 Å². The molecule has 1 amide bonds. The van der Waals surface area contributed by atoms with Crippen LogP contribution >= 0.6 is 0 Å². The standard InChI is InChI=1S/C30H38N8O2/c1-4-28(39)38-14-13-35(18-22(38)11-12-31)29-24-10-9-21(37-15-16-40-27-8-6-5-7-26(27)37)17-25(24)32-30(33-29)36-19-23(20-36)34(2)3/h4-8,21-23H,1,9-11,13-20H2,2-3H3/t21-,22+/m1/s1. The quantitative estimate of drug-likeness (QED) is 0.509. The second-order valence-electron chi connectivity index (χ2n) is 11.4. The first-order valence-electron chi connectivity index (χ1n) is 14.3. The molecule has 210 valence electrons. The molecule has 0 radical (unpaired) electrons. The van der Waals surface area contributed by atoms with Crippen LogP contribution < -0.4 is 19.4 Å². The molecule has 2 atom stereocenters. The summed E-state index contributed by atoms with van der Waals surface area (Å²) in [5, 5.41) is 9.51. The van der Waals surface area contributed by atoms with Gasteiger partial charge in [0, 0.05) is 56.8 Å². The van der Waals surface area contributed by atoms with Crippen molar-refractivity contribution in [2.45, 2.75) is 43.8 Å². The number of nitrogens with zero attached hydrogens (tertiary/aromatic N) is 8. The first kappa shape index (κ1) is 26.4. The third-order valence-corrected chi connectivity index (χ3v) is 8.86. The number of anilines is 3. The molecule has 1 aromatic carbocycles. The molecule has 0 unspecified atom stereocenters. The smallest absolute Gasteiger partial charge is 0.246 e. The molecule has 10 nitrogen and oxygen atoms in total. The Balaban J connectivity index is 1.32. The molecule has 2 aromatic rings. The number of fused-ring (bicyclic) bond motifs is 2. The number of amides is 1. The number of para-hydroxylation sites is 2. The van der Waals surface area contributed by atoms with Crippen LogP contribution in [0.15, 0.2) is 36.9 Å². The predicted octanol–water partition coefficient (Wildman–Crippen LogP) is 2.10. The molecule has 4 heterocycles. The molecule has 0 N–H and O–H groups in total. The number of benzene rings is 1. The summed E-state index contributed by atoms with van der Waals surface area (Å²) in [5.74, 6) is 2.60. The number of carbonyl (C=O) groups is 1. The Morgan fingerprint density at radius 2 is 2.00 bits per heavy atom. The highest BCUT2D eigenvalue weighted by molar-refractivity contribution is 5.87. The monoisotopic (exact) mass is 542 g/mol. The number of hydrogen-bond acceptors (Lipinski definition) is 9. The summed E-state index contributed by atoms with van der Waals surface area (Å²) in [6.45, 7) is 8.83. The number of aromatic nitrogens is 2. The highest BCUT2D eigenvalue weighted by atomic mass is 16.5. The van der Waals surface area contributed by atoms with Crippen molar-refractivity contribution in [2.24, 2.45) is 0 Å². The summed E-state index contributed by atoms with van der Waals surface area (Å²) in [7, 11) is 4.23. The fourth-order valence-corrected chi connectivity index (χ4v) is 6.49. The van der Waals surface area contributed by atoms with Crippen LogP contribution in [0.3, 0.4) is 0 Å². The Kier molecular flexibility index (Phi) is 7.24. The lowest BCUT2D eigenvalue weighted by Crippen LogP contribution is -2.58. The number of carbonyl (C=O) groups excluding carboxylic acids is 1. The first-order valence-corrected chi connectivity index (χ1v) is 14.3. The summed E-state index contributed by atoms with van der Waals surface area (Å²) in [5.41, 5.74) is 3.50. The third-order valence-electron chi connectivity index (χ3n) is 8.86. The largest absolute Gasteiger partial charge is 0.490 e. The van der Waals surface area contributed by atoms with Crippen LogP contribution in [0.5, 0.6) is 5.75 Å². The molecule has 1 aromatic heterocycles. The van der Waals surface area contributed by atoms with Crippen molar-refractivity contribution in [1.29, 1.82) is 5.26 Å². The maximum absolute atomic E-state index is 12.5. The second kappa shape index (κ2) is 11.0. The lowest BCUT2D eigenvalue weighted by Gasteiger charge is -2.45. The van der Waals surface area contributed by atoms with Crippen molar-refractivity contribution >= 4 is 23.4 Å². The van der Waals surface area contributed by atoms with Gasteiger partial charge in [-0.05, 0) is 45.1 Å². The topological polar surface area (TPSA) is 92.1 Å². The Labute approximate surface area is 236 Å². The molecule has 40 heavy (non-hydrogen) atoms. The molecule has 10 heteroatoms. The minimum absolute atomic E-state index is 0.116. The van der Waals surface area contributed by atoms with Crippen LogP contribution in [-0.4, -0.2) is 104 Å². The summed E-state index contributed by atoms with van der Waals surface area (Å²) >= 11 is 0. The molecular formula is C30H38N8O2. The van der Waals surface area contributed by atoms with E-state index in [1.165, 1.54) is 11.6 Å². The molecule has 2 saturated heterocycles. The van der Waals surface area contributed by atoms with Crippen LogP contribution in [0.25, 0.3) is 0 Å². The van der Waals surface area contributed by atoms with Crippen LogP contribution in [0.4, 0.5) is 17.5 Å². The fourth-order valence-electron chi connectivity index (χ4n) is 6.49. The van der Waals surface area contributed by atoms with Crippen molar-refractivity contribution in [2.75, 3.05) is 74.7 Å². The van der Waals surface area contributed by atoms with E-state index in [4.69, 9.17) is 14.7 Å². The SMILES string of the molecule is C=CC(=O)N1CCN(c2nc(N3CC(N(C)C)C3)nc3c2CC[C@@H](N2CCOc4ccccc42)C3)C[C@@H]1CC#N. The van der Waals surface area contributed by atoms with Gasteiger partial charge in [-0.15, -0.1) is 0 Å². The zero-order valence-corrected chi connectivity index (χ0v) is 23.5. The van der Waals surface area contributed by atoms with E-state index in [1.807, 2.05) is 6.07 Å². The maximum Gasteiger partial charge on any atom is 0.246 e. The predicted molar refractivity (Wildman–Crippen MR) is 155 cm³/mol. The van der Waals surface area contributed by atoms with Crippen LogP contribution in [0.1, 0.15) is 24.1 Å². The third kappa shape index (κ3) is 4.83. The van der Waals surface area contributed by atoms with E-state index in [-0.39, 0.29) is 18.4 Å². The molecule has 0 saturated carbocycles. The van der Waals surface area contributed by atoms with Gasteiger partial charge in [-0.3, -0.25) is 4.79 Å². The zero-order chi connectivity index (χ0) is 27.8. The molecule has 6 rings (SSSR count). The zero-order valence-electron chi connectivity index (χ0n) is 23.5. The van der Waals surface area contributed by atoms with Crippen LogP contribution in [-0.2, 0) is 17.6 Å². The molecule has 0 bridgehead atoms. The summed E-state index contributed by atoms with van der Waals surface area (Å²) < 4.78 is 5.94. The van der Waals surface area contributed by atoms with Crippen molar-refractivity contribution in [3.05, 3.63) is 48.2 Å². The van der Waals surface area contributed by atoms with Gasteiger partial charge in [0.25, 0.3) is 0 Å². The number of hydrogen-bond donors (Lipinski definition) is 0. The highest BCUT2D eigenvalue weighted by Gasteiger charge is 2.37. The van der Waals surface area contributed by atoms with Crippen molar-refractivity contribution in [1.82, 2.24) is 19.8 Å². The molecule has 3 aliphatic heterocycles. The van der Waals surface area contributed by atoms with Gasteiger partial charge in [0.05, 0.1) is 36.5 Å². The van der Waals surface area contributed by atoms with E-state index in [9.17, 15) is 10.1 Å². The maximum atomic E-state index is 12.5. The van der Waals surface area contributed by atoms with Gasteiger partial charge in [-0.25, -0.2) is 4.98 Å². The summed E-state index contributed by atoms with van der Waals surface area (Å²) in [6, 6.07) is 11.2. The van der Waals surface area contributed by atoms with Gasteiger partial charge in [0.1, 0.15) is 18.2 Å². The summed E-state index contributed by atoms with van der Waals surface area (Å²) in [4.78, 5) is 33.9. The van der Waals surface area contributed by atoms with Gasteiger partial charge < -0.3 is 29.2 Å². The highest BCUT2D eigenvalue weighted by Crippen LogP contribution is 2.38. The lowest BCUT2D eigenvalue weighted by atomic mass is 9.90. The van der Waals surface area contributed by atoms with E-state index >= 15 is 0 Å². The normalized spacial score (nSPS) is 22.6. The Hall–Kier alpha value is -3.84. The van der Waals surface area contributed by atoms with Crippen molar-refractivity contribution < 1.29 is 9.53 Å². The van der Waals surface area contributed by atoms with Gasteiger partial charge in [-0.2, -0.15) is 10.2 Å². The van der Waals surface area contributed by atoms with Crippen molar-refractivity contribution in [3.8, 4) is 11.8 Å². The van der Waals surface area contributed by atoms with Gasteiger partial charge >= 0.3 is 0 Å². The Bertz CT molecular complexity index is 1320. The van der Waals surface area contributed by atoms with E-state index in [2.05, 4.69) is 64.5 Å². The number of nitriles is 1. The van der Waals surface area contributed by atoms with Gasteiger partial charge in [0.2, 0.25) is 11.9 Å². The fraction of sp³-hybridized carbons (Fsp3) is 0.533. The molecule has 0 spiro atoms. The number of ether oxygens (including phenoxy) is 1. The van der Waals surface area contributed by atoms with Crippen LogP contribution in [0, 0.1) is 11.3 Å². The van der Waals surface area contributed by atoms with E-state index < -0.39 is 0 Å². The summed E-state index contributed by atoms with van der Waals surface area (Å²) in [6.07, 6.45) is 4.39. The Morgan fingerprint density at radius 3 is 2.77 bits per heavy atom. The average molecular weight is 543 g/mol. The first-order chi connectivity index (χ1) is 19.5. The average Bonchev–Trinajstić information content (AvgIpc) is 2.95. The number of piperazine rings is 1. The van der Waals surface area contributed by atoms with Gasteiger partial charge in [0.15, 0.2) is 0 Å². The lowest BCUT2D eigenvalue weighted by molar-refractivity contribution is -0.128. The van der Waals surface area contributed by atoms with Gasteiger partial charge in [-0.1, -0.05) is 18.7 Å². The molecule has 4 aliphatic rings. The minimum Gasteiger partial charge on any atom is -0.490 e.